The maximum atomic E-state index is 13.3. The molecule has 2 heterocycles. The number of nitrogens with one attached hydrogen (secondary N) is 1. The molecule has 3 N–H and O–H groups in total. The molecule has 0 bridgehead atoms. The number of carbonyl (C=O) groups is 2. The minimum absolute atomic E-state index is 0.0686. The van der Waals surface area contributed by atoms with E-state index in [1.54, 1.807) is 6.07 Å². The number of carbonyl (C=O) groups excluding carboxylic acids is 2. The number of ether oxygens (including phenoxy) is 1. The largest absolute Gasteiger partial charge is 0.456 e. The lowest BCUT2D eigenvalue weighted by Crippen LogP contribution is -2.24. The molecule has 0 spiro atoms. The third-order valence-electron chi connectivity index (χ3n) is 4.15. The first-order valence-electron chi connectivity index (χ1n) is 7.99. The maximum Gasteiger partial charge on any atom is 0.262 e. The number of pyridine rings is 1. The number of amides is 2. The standard InChI is InChI=1S/C19H11ClFN3O4/c20-13-7-10(4-5-14(13)28-11-3-1-2-9(21)6-11)24-15(25)8-12-16(17(24)22)19(27)23-18(12)26/h1-8H,22H2,(H,23,26,27). The van der Waals surface area contributed by atoms with E-state index < -0.39 is 23.2 Å². The monoisotopic (exact) mass is 399 g/mol. The topological polar surface area (TPSA) is 103 Å². The number of aromatic nitrogens is 1. The smallest absolute Gasteiger partial charge is 0.262 e. The fourth-order valence-electron chi connectivity index (χ4n) is 2.91. The Morgan fingerprint density at radius 3 is 2.54 bits per heavy atom. The molecule has 140 valence electrons. The highest BCUT2D eigenvalue weighted by molar-refractivity contribution is 6.32. The van der Waals surface area contributed by atoms with Crippen LogP contribution in [0.25, 0.3) is 5.69 Å². The number of benzene rings is 2. The summed E-state index contributed by atoms with van der Waals surface area (Å²) in [6.45, 7) is 0. The summed E-state index contributed by atoms with van der Waals surface area (Å²) in [6.07, 6.45) is 0. The van der Waals surface area contributed by atoms with Gasteiger partial charge < -0.3 is 10.5 Å². The van der Waals surface area contributed by atoms with Crippen molar-refractivity contribution in [2.24, 2.45) is 0 Å². The van der Waals surface area contributed by atoms with Crippen LogP contribution < -0.4 is 21.3 Å². The van der Waals surface area contributed by atoms with E-state index in [1.807, 2.05) is 0 Å². The van der Waals surface area contributed by atoms with Crippen LogP contribution in [-0.2, 0) is 0 Å². The van der Waals surface area contributed by atoms with Gasteiger partial charge in [0.1, 0.15) is 23.1 Å². The first-order chi connectivity index (χ1) is 13.3. The molecule has 4 rings (SSSR count). The molecule has 0 atom stereocenters. The highest BCUT2D eigenvalue weighted by atomic mass is 35.5. The van der Waals surface area contributed by atoms with Gasteiger partial charge in [-0.25, -0.2) is 4.39 Å². The van der Waals surface area contributed by atoms with Gasteiger partial charge in [0.15, 0.2) is 0 Å². The zero-order valence-electron chi connectivity index (χ0n) is 14.0. The zero-order chi connectivity index (χ0) is 20.0. The molecule has 1 aliphatic rings. The lowest BCUT2D eigenvalue weighted by atomic mass is 10.1. The number of hydrogen-bond donors (Lipinski definition) is 2. The van der Waals surface area contributed by atoms with Crippen LogP contribution in [-0.4, -0.2) is 16.4 Å². The van der Waals surface area contributed by atoms with Crippen molar-refractivity contribution >= 4 is 29.2 Å². The predicted octanol–water partition coefficient (Wildman–Crippen LogP) is 2.89. The number of rotatable bonds is 3. The van der Waals surface area contributed by atoms with E-state index >= 15 is 0 Å². The van der Waals surface area contributed by atoms with Crippen LogP contribution in [0.3, 0.4) is 0 Å². The van der Waals surface area contributed by atoms with E-state index in [2.05, 4.69) is 5.32 Å². The number of nitrogens with two attached hydrogens (primary N) is 1. The van der Waals surface area contributed by atoms with Crippen LogP contribution in [0.15, 0.2) is 53.3 Å². The van der Waals surface area contributed by atoms with E-state index in [4.69, 9.17) is 22.1 Å². The zero-order valence-corrected chi connectivity index (χ0v) is 14.8. The minimum Gasteiger partial charge on any atom is -0.456 e. The Morgan fingerprint density at radius 1 is 1.04 bits per heavy atom. The molecule has 0 aliphatic carbocycles. The van der Waals surface area contributed by atoms with Crippen LogP contribution >= 0.6 is 11.6 Å². The van der Waals surface area contributed by atoms with E-state index in [0.29, 0.717) is 0 Å². The number of halogens is 2. The Morgan fingerprint density at radius 2 is 1.82 bits per heavy atom. The number of nitrogen functional groups attached to an aromatic ring is 1. The summed E-state index contributed by atoms with van der Waals surface area (Å²) >= 11 is 6.23. The normalized spacial score (nSPS) is 12.6. The molecule has 3 aromatic rings. The number of nitrogens with zero attached hydrogens (tertiary/aromatic N) is 1. The van der Waals surface area contributed by atoms with Gasteiger partial charge in [-0.3, -0.25) is 24.3 Å². The van der Waals surface area contributed by atoms with Gasteiger partial charge in [0.05, 0.1) is 21.8 Å². The Kier molecular flexibility index (Phi) is 4.12. The van der Waals surface area contributed by atoms with E-state index in [1.165, 1.54) is 36.4 Å². The molecular formula is C19H11ClFN3O4. The van der Waals surface area contributed by atoms with Gasteiger partial charge in [0.25, 0.3) is 17.4 Å². The van der Waals surface area contributed by atoms with Gasteiger partial charge in [-0.05, 0) is 30.3 Å². The third-order valence-corrected chi connectivity index (χ3v) is 4.45. The Hall–Kier alpha value is -3.65. The molecule has 0 saturated heterocycles. The molecule has 28 heavy (non-hydrogen) atoms. The quantitative estimate of drug-likeness (QED) is 0.659. The molecular weight excluding hydrogens is 389 g/mol. The van der Waals surface area contributed by atoms with Crippen LogP contribution in [0.1, 0.15) is 20.7 Å². The minimum atomic E-state index is -0.677. The summed E-state index contributed by atoms with van der Waals surface area (Å²) in [5.41, 5.74) is 5.52. The molecule has 0 fully saturated rings. The SMILES string of the molecule is Nc1c2c(cc(=O)n1-c1ccc(Oc3cccc(F)c3)c(Cl)c1)C(=O)NC2=O. The van der Waals surface area contributed by atoms with E-state index in [9.17, 15) is 18.8 Å². The average molecular weight is 400 g/mol. The lowest BCUT2D eigenvalue weighted by Gasteiger charge is -2.14. The fraction of sp³-hybridized carbons (Fsp3) is 0. The summed E-state index contributed by atoms with van der Waals surface area (Å²) < 4.78 is 19.9. The highest BCUT2D eigenvalue weighted by Crippen LogP contribution is 2.32. The molecule has 0 radical (unpaired) electrons. The van der Waals surface area contributed by atoms with Crippen molar-refractivity contribution in [3.05, 3.63) is 80.9 Å². The second kappa shape index (κ2) is 6.50. The number of imide groups is 1. The van der Waals surface area contributed by atoms with Gasteiger partial charge in [-0.15, -0.1) is 0 Å². The first kappa shape index (κ1) is 17.7. The summed E-state index contributed by atoms with van der Waals surface area (Å²) in [6, 6.07) is 11.0. The molecule has 2 aromatic carbocycles. The molecule has 0 saturated carbocycles. The van der Waals surface area contributed by atoms with Crippen molar-refractivity contribution in [3.63, 3.8) is 0 Å². The molecule has 2 amide bonds. The summed E-state index contributed by atoms with van der Waals surface area (Å²) in [5.74, 6) is -1.51. The number of anilines is 1. The van der Waals surface area contributed by atoms with Crippen molar-refractivity contribution < 1.29 is 18.7 Å². The van der Waals surface area contributed by atoms with Crippen molar-refractivity contribution in [2.45, 2.75) is 0 Å². The number of hydrogen-bond acceptors (Lipinski definition) is 5. The Labute approximate surface area is 162 Å². The third kappa shape index (κ3) is 2.89. The lowest BCUT2D eigenvalue weighted by molar-refractivity contribution is 0.0880. The fourth-order valence-corrected chi connectivity index (χ4v) is 3.13. The van der Waals surface area contributed by atoms with Gasteiger partial charge in [-0.1, -0.05) is 17.7 Å². The van der Waals surface area contributed by atoms with Gasteiger partial charge in [0, 0.05) is 12.1 Å². The van der Waals surface area contributed by atoms with Gasteiger partial charge in [-0.2, -0.15) is 0 Å². The summed E-state index contributed by atoms with van der Waals surface area (Å²) in [5, 5.41) is 2.23. The number of fused-ring (bicyclic) bond motifs is 1. The molecule has 1 aromatic heterocycles. The molecule has 0 unspecified atom stereocenters. The first-order valence-corrected chi connectivity index (χ1v) is 8.37. The second-order valence-corrected chi connectivity index (χ2v) is 6.36. The predicted molar refractivity (Wildman–Crippen MR) is 99.7 cm³/mol. The van der Waals surface area contributed by atoms with Crippen molar-refractivity contribution in [1.82, 2.24) is 9.88 Å². The Balaban J connectivity index is 1.76. The van der Waals surface area contributed by atoms with Crippen LogP contribution in [0.2, 0.25) is 5.02 Å². The van der Waals surface area contributed by atoms with E-state index in [0.717, 1.165) is 10.6 Å². The van der Waals surface area contributed by atoms with Crippen molar-refractivity contribution in [1.29, 1.82) is 0 Å². The van der Waals surface area contributed by atoms with Crippen molar-refractivity contribution in [3.8, 4) is 17.2 Å². The summed E-state index contributed by atoms with van der Waals surface area (Å²) in [7, 11) is 0. The average Bonchev–Trinajstić information content (AvgIpc) is 2.91. The molecule has 9 heteroatoms. The van der Waals surface area contributed by atoms with Crippen LogP contribution in [0, 0.1) is 5.82 Å². The van der Waals surface area contributed by atoms with Crippen LogP contribution in [0.4, 0.5) is 10.2 Å². The highest BCUT2D eigenvalue weighted by Gasteiger charge is 2.31. The van der Waals surface area contributed by atoms with E-state index in [-0.39, 0.29) is 39.2 Å². The summed E-state index contributed by atoms with van der Waals surface area (Å²) in [4.78, 5) is 36.1. The van der Waals surface area contributed by atoms with Gasteiger partial charge in [0.2, 0.25) is 0 Å². The Bertz CT molecular complexity index is 1220. The molecule has 7 nitrogen and oxygen atoms in total. The van der Waals surface area contributed by atoms with Crippen molar-refractivity contribution in [2.75, 3.05) is 5.73 Å². The maximum absolute atomic E-state index is 13.3. The van der Waals surface area contributed by atoms with Gasteiger partial charge >= 0.3 is 0 Å². The van der Waals surface area contributed by atoms with Crippen LogP contribution in [0.5, 0.6) is 11.5 Å². The molecule has 1 aliphatic heterocycles. The second-order valence-electron chi connectivity index (χ2n) is 5.95.